The van der Waals surface area contributed by atoms with E-state index in [1.165, 1.54) is 57.9 Å². The third-order valence-electron chi connectivity index (χ3n) is 4.77. The number of hydrogen-bond acceptors (Lipinski definition) is 1. The molecule has 2 saturated carbocycles. The molecule has 0 aromatic heterocycles. The number of nitrogens with one attached hydrogen (secondary N) is 1. The van der Waals surface area contributed by atoms with Crippen molar-refractivity contribution in [1.29, 1.82) is 0 Å². The molecule has 2 rings (SSSR count). The first-order valence-electron chi connectivity index (χ1n) is 7.04. The van der Waals surface area contributed by atoms with Crippen molar-refractivity contribution < 1.29 is 0 Å². The molecule has 2 fully saturated rings. The molecule has 0 amide bonds. The summed E-state index contributed by atoms with van der Waals surface area (Å²) in [5.41, 5.74) is 0.673. The van der Waals surface area contributed by atoms with Gasteiger partial charge in [-0.15, -0.1) is 0 Å². The Balaban J connectivity index is 1.93. The fourth-order valence-corrected chi connectivity index (χ4v) is 3.60. The summed E-state index contributed by atoms with van der Waals surface area (Å²) < 4.78 is 0. The molecule has 0 heterocycles. The summed E-state index contributed by atoms with van der Waals surface area (Å²) >= 11 is 0. The summed E-state index contributed by atoms with van der Waals surface area (Å²) in [6.07, 6.45) is 11.5. The van der Waals surface area contributed by atoms with Crippen LogP contribution >= 0.6 is 0 Å². The first-order valence-corrected chi connectivity index (χ1v) is 7.04. The summed E-state index contributed by atoms with van der Waals surface area (Å²) in [6.45, 7) is 6.07. The summed E-state index contributed by atoms with van der Waals surface area (Å²) in [4.78, 5) is 0. The van der Waals surface area contributed by atoms with Crippen molar-refractivity contribution >= 4 is 0 Å². The predicted octanol–water partition coefficient (Wildman–Crippen LogP) is 3.74. The summed E-state index contributed by atoms with van der Waals surface area (Å²) in [6, 6.07) is 0.886. The molecule has 0 atom stereocenters. The van der Waals surface area contributed by atoms with E-state index in [0.29, 0.717) is 5.41 Å². The molecule has 15 heavy (non-hydrogen) atoms. The Labute approximate surface area is 95.0 Å². The van der Waals surface area contributed by atoms with Crippen molar-refractivity contribution in [3.05, 3.63) is 0 Å². The highest BCUT2D eigenvalue weighted by Crippen LogP contribution is 2.46. The minimum absolute atomic E-state index is 0.673. The van der Waals surface area contributed by atoms with Gasteiger partial charge in [-0.05, 0) is 37.0 Å². The Morgan fingerprint density at radius 2 is 1.73 bits per heavy atom. The van der Waals surface area contributed by atoms with Crippen molar-refractivity contribution in [2.75, 3.05) is 6.54 Å². The van der Waals surface area contributed by atoms with Gasteiger partial charge in [0.2, 0.25) is 0 Å². The van der Waals surface area contributed by atoms with Crippen LogP contribution in [0.4, 0.5) is 0 Å². The molecule has 2 aliphatic rings. The molecular weight excluding hydrogens is 182 g/mol. The molecule has 0 aromatic carbocycles. The van der Waals surface area contributed by atoms with Crippen LogP contribution in [0.2, 0.25) is 0 Å². The summed E-state index contributed by atoms with van der Waals surface area (Å²) in [7, 11) is 0. The zero-order chi connectivity index (χ0) is 10.7. The second-order valence-electron chi connectivity index (χ2n) is 5.74. The quantitative estimate of drug-likeness (QED) is 0.703. The minimum Gasteiger partial charge on any atom is -0.313 e. The van der Waals surface area contributed by atoms with E-state index in [-0.39, 0.29) is 0 Å². The van der Waals surface area contributed by atoms with Gasteiger partial charge in [0.1, 0.15) is 0 Å². The fraction of sp³-hybridized carbons (Fsp3) is 1.00. The van der Waals surface area contributed by atoms with E-state index < -0.39 is 0 Å². The Kier molecular flexibility index (Phi) is 3.71. The largest absolute Gasteiger partial charge is 0.313 e. The second-order valence-corrected chi connectivity index (χ2v) is 5.74. The van der Waals surface area contributed by atoms with Crippen LogP contribution in [0.15, 0.2) is 0 Å². The third kappa shape index (κ3) is 2.55. The first-order chi connectivity index (χ1) is 7.30. The van der Waals surface area contributed by atoms with Crippen LogP contribution in [0.25, 0.3) is 0 Å². The maximum atomic E-state index is 3.79. The van der Waals surface area contributed by atoms with Crippen molar-refractivity contribution in [3.63, 3.8) is 0 Å². The lowest BCUT2D eigenvalue weighted by Gasteiger charge is -2.37. The normalized spacial score (nSPS) is 25.0. The smallest absolute Gasteiger partial charge is 0.00684 e. The van der Waals surface area contributed by atoms with Gasteiger partial charge in [0, 0.05) is 12.6 Å². The Hall–Kier alpha value is -0.0400. The molecular formula is C14H27N. The molecule has 1 heteroatoms. The average molecular weight is 209 g/mol. The van der Waals surface area contributed by atoms with Gasteiger partial charge >= 0.3 is 0 Å². The fourth-order valence-electron chi connectivity index (χ4n) is 3.60. The third-order valence-corrected chi connectivity index (χ3v) is 4.77. The van der Waals surface area contributed by atoms with Gasteiger partial charge in [-0.3, -0.25) is 0 Å². The van der Waals surface area contributed by atoms with Gasteiger partial charge in [0.15, 0.2) is 0 Å². The molecule has 0 spiro atoms. The first kappa shape index (κ1) is 11.4. The van der Waals surface area contributed by atoms with E-state index in [9.17, 15) is 0 Å². The molecule has 0 radical (unpaired) electrons. The van der Waals surface area contributed by atoms with Gasteiger partial charge in [0.05, 0.1) is 0 Å². The zero-order valence-corrected chi connectivity index (χ0v) is 10.5. The molecule has 1 N–H and O–H groups in total. The maximum absolute atomic E-state index is 3.79. The number of rotatable bonds is 6. The molecule has 2 aliphatic carbocycles. The Morgan fingerprint density at radius 3 is 2.20 bits per heavy atom. The standard InChI is InChI=1S/C14H27N/c1-3-12(4-2)14(9-5-6-10-14)11-15-13-7-8-13/h12-13,15H,3-11H2,1-2H3. The predicted molar refractivity (Wildman–Crippen MR) is 66.0 cm³/mol. The van der Waals surface area contributed by atoms with E-state index in [0.717, 1.165) is 12.0 Å². The van der Waals surface area contributed by atoms with Crippen LogP contribution in [-0.2, 0) is 0 Å². The SMILES string of the molecule is CCC(CC)C1(CNC2CC2)CCCC1. The second kappa shape index (κ2) is 4.86. The van der Waals surface area contributed by atoms with Crippen molar-refractivity contribution in [3.8, 4) is 0 Å². The lowest BCUT2D eigenvalue weighted by molar-refractivity contribution is 0.149. The topological polar surface area (TPSA) is 12.0 Å². The van der Waals surface area contributed by atoms with E-state index in [1.54, 1.807) is 0 Å². The van der Waals surface area contributed by atoms with Crippen molar-refractivity contribution in [1.82, 2.24) is 5.32 Å². The van der Waals surface area contributed by atoms with Crippen LogP contribution < -0.4 is 5.32 Å². The Morgan fingerprint density at radius 1 is 1.13 bits per heavy atom. The van der Waals surface area contributed by atoms with Crippen LogP contribution in [0.1, 0.15) is 65.2 Å². The highest BCUT2D eigenvalue weighted by atomic mass is 15.0. The summed E-state index contributed by atoms with van der Waals surface area (Å²) in [5, 5.41) is 3.79. The van der Waals surface area contributed by atoms with Gasteiger partial charge in [-0.2, -0.15) is 0 Å². The van der Waals surface area contributed by atoms with Gasteiger partial charge < -0.3 is 5.32 Å². The van der Waals surface area contributed by atoms with E-state index >= 15 is 0 Å². The van der Waals surface area contributed by atoms with Crippen LogP contribution in [0.3, 0.4) is 0 Å². The van der Waals surface area contributed by atoms with Gasteiger partial charge in [-0.25, -0.2) is 0 Å². The molecule has 0 bridgehead atoms. The van der Waals surface area contributed by atoms with E-state index in [1.807, 2.05) is 0 Å². The van der Waals surface area contributed by atoms with Gasteiger partial charge in [0.25, 0.3) is 0 Å². The number of hydrogen-bond donors (Lipinski definition) is 1. The van der Waals surface area contributed by atoms with Crippen molar-refractivity contribution in [2.45, 2.75) is 71.3 Å². The van der Waals surface area contributed by atoms with Gasteiger partial charge in [-0.1, -0.05) is 39.5 Å². The average Bonchev–Trinajstić information content (AvgIpc) is 2.97. The van der Waals surface area contributed by atoms with Crippen LogP contribution in [0.5, 0.6) is 0 Å². The van der Waals surface area contributed by atoms with Crippen LogP contribution in [-0.4, -0.2) is 12.6 Å². The molecule has 0 saturated heterocycles. The highest BCUT2D eigenvalue weighted by molar-refractivity contribution is 4.94. The molecule has 0 unspecified atom stereocenters. The highest BCUT2D eigenvalue weighted by Gasteiger charge is 2.40. The lowest BCUT2D eigenvalue weighted by Crippen LogP contribution is -2.39. The maximum Gasteiger partial charge on any atom is 0.00684 e. The molecule has 0 aromatic rings. The van der Waals surface area contributed by atoms with E-state index in [2.05, 4.69) is 19.2 Å². The molecule has 0 aliphatic heterocycles. The lowest BCUT2D eigenvalue weighted by atomic mass is 9.71. The molecule has 1 nitrogen and oxygen atoms in total. The molecule has 88 valence electrons. The van der Waals surface area contributed by atoms with Crippen LogP contribution in [0, 0.1) is 11.3 Å². The summed E-state index contributed by atoms with van der Waals surface area (Å²) in [5.74, 6) is 0.964. The Bertz CT molecular complexity index is 186. The van der Waals surface area contributed by atoms with Crippen molar-refractivity contribution in [2.24, 2.45) is 11.3 Å². The van der Waals surface area contributed by atoms with E-state index in [4.69, 9.17) is 0 Å². The minimum atomic E-state index is 0.673. The zero-order valence-electron chi connectivity index (χ0n) is 10.5. The monoisotopic (exact) mass is 209 g/mol.